The van der Waals surface area contributed by atoms with Crippen molar-refractivity contribution in [3.8, 4) is 0 Å². The zero-order valence-corrected chi connectivity index (χ0v) is 13.2. The first-order valence-corrected chi connectivity index (χ1v) is 7.78. The van der Waals surface area contributed by atoms with Gasteiger partial charge in [-0.25, -0.2) is 0 Å². The van der Waals surface area contributed by atoms with E-state index in [-0.39, 0.29) is 10.6 Å². The predicted octanol–water partition coefficient (Wildman–Crippen LogP) is 2.93. The number of nitro groups is 1. The van der Waals surface area contributed by atoms with Crippen LogP contribution in [0.2, 0.25) is 0 Å². The average molecular weight is 342 g/mol. The minimum atomic E-state index is -0.295. The number of rotatable bonds is 5. The van der Waals surface area contributed by atoms with E-state index >= 15 is 0 Å². The third-order valence-electron chi connectivity index (χ3n) is 3.85. The van der Waals surface area contributed by atoms with Crippen LogP contribution in [-0.2, 0) is 6.54 Å². The number of hydrogen-bond donors (Lipinski definition) is 1. The first-order chi connectivity index (χ1) is 9.61. The molecule has 1 aromatic rings. The molecule has 5 nitrogen and oxygen atoms in total. The van der Waals surface area contributed by atoms with Gasteiger partial charge in [-0.1, -0.05) is 22.9 Å². The Morgan fingerprint density at radius 3 is 2.75 bits per heavy atom. The van der Waals surface area contributed by atoms with Crippen LogP contribution >= 0.6 is 15.9 Å². The van der Waals surface area contributed by atoms with Gasteiger partial charge in [0.15, 0.2) is 0 Å². The summed E-state index contributed by atoms with van der Waals surface area (Å²) < 4.78 is 0.748. The number of nitrogens with one attached hydrogen (secondary N) is 1. The monoisotopic (exact) mass is 341 g/mol. The molecule has 0 amide bonds. The Balaban J connectivity index is 2.16. The van der Waals surface area contributed by atoms with Gasteiger partial charge >= 0.3 is 0 Å². The van der Waals surface area contributed by atoms with Crippen molar-refractivity contribution in [2.24, 2.45) is 0 Å². The Labute approximate surface area is 127 Å². The van der Waals surface area contributed by atoms with E-state index in [4.69, 9.17) is 0 Å². The van der Waals surface area contributed by atoms with Gasteiger partial charge in [0.2, 0.25) is 0 Å². The fourth-order valence-electron chi connectivity index (χ4n) is 2.73. The van der Waals surface area contributed by atoms with Crippen LogP contribution in [0.5, 0.6) is 0 Å². The highest BCUT2D eigenvalue weighted by Crippen LogP contribution is 2.26. The molecule has 0 bridgehead atoms. The van der Waals surface area contributed by atoms with E-state index in [1.54, 1.807) is 6.07 Å². The summed E-state index contributed by atoms with van der Waals surface area (Å²) in [7, 11) is 0. The van der Waals surface area contributed by atoms with Crippen molar-refractivity contribution in [3.63, 3.8) is 0 Å². The summed E-state index contributed by atoms with van der Waals surface area (Å²) in [5.41, 5.74) is 0.991. The van der Waals surface area contributed by atoms with Crippen molar-refractivity contribution in [2.75, 3.05) is 19.6 Å². The lowest BCUT2D eigenvalue weighted by atomic mass is 10.0. The molecule has 0 spiro atoms. The molecule has 1 aliphatic heterocycles. The molecule has 110 valence electrons. The SMILES string of the molecule is CCN(Cc1ccc(Br)cc1[N+](=O)[O-])C1CCNCC1. The molecule has 0 saturated carbocycles. The molecule has 1 aliphatic rings. The Morgan fingerprint density at radius 1 is 1.45 bits per heavy atom. The van der Waals surface area contributed by atoms with Crippen molar-refractivity contribution in [1.82, 2.24) is 10.2 Å². The molecule has 6 heteroatoms. The number of nitro benzene ring substituents is 1. The second-order valence-corrected chi connectivity index (χ2v) is 5.99. The summed E-state index contributed by atoms with van der Waals surface area (Å²) in [6.45, 7) is 5.74. The summed E-state index contributed by atoms with van der Waals surface area (Å²) in [6, 6.07) is 5.83. The average Bonchev–Trinajstić information content (AvgIpc) is 2.46. The molecule has 0 aromatic heterocycles. The molecular formula is C14H20BrN3O2. The molecule has 0 aliphatic carbocycles. The lowest BCUT2D eigenvalue weighted by molar-refractivity contribution is -0.385. The van der Waals surface area contributed by atoms with Gasteiger partial charge in [0.1, 0.15) is 0 Å². The maximum absolute atomic E-state index is 11.2. The first-order valence-electron chi connectivity index (χ1n) is 6.99. The molecule has 1 N–H and O–H groups in total. The van der Waals surface area contributed by atoms with E-state index in [1.165, 1.54) is 0 Å². The molecular weight excluding hydrogens is 322 g/mol. The summed E-state index contributed by atoms with van der Waals surface area (Å²) in [5, 5.41) is 14.5. The lowest BCUT2D eigenvalue weighted by Gasteiger charge is -2.33. The smallest absolute Gasteiger partial charge is 0.275 e. The van der Waals surface area contributed by atoms with Crippen LogP contribution in [-0.4, -0.2) is 35.5 Å². The minimum absolute atomic E-state index is 0.201. The highest BCUT2D eigenvalue weighted by Gasteiger charge is 2.23. The number of nitrogens with zero attached hydrogens (tertiary/aromatic N) is 2. The summed E-state index contributed by atoms with van der Waals surface area (Å²) in [4.78, 5) is 13.2. The maximum atomic E-state index is 11.2. The molecule has 1 fully saturated rings. The number of benzene rings is 1. The van der Waals surface area contributed by atoms with Crippen molar-refractivity contribution in [2.45, 2.75) is 32.4 Å². The molecule has 1 heterocycles. The molecule has 1 saturated heterocycles. The summed E-state index contributed by atoms with van der Waals surface area (Å²) >= 11 is 3.30. The topological polar surface area (TPSA) is 58.4 Å². The molecule has 0 unspecified atom stereocenters. The third-order valence-corrected chi connectivity index (χ3v) is 4.34. The van der Waals surface area contributed by atoms with Gasteiger partial charge in [0.05, 0.1) is 4.92 Å². The fraction of sp³-hybridized carbons (Fsp3) is 0.571. The fourth-order valence-corrected chi connectivity index (χ4v) is 3.08. The van der Waals surface area contributed by atoms with Gasteiger partial charge in [0.25, 0.3) is 5.69 Å². The van der Waals surface area contributed by atoms with E-state index < -0.39 is 0 Å². The van der Waals surface area contributed by atoms with Gasteiger partial charge in [-0.3, -0.25) is 15.0 Å². The van der Waals surface area contributed by atoms with E-state index in [9.17, 15) is 10.1 Å². The number of piperidine rings is 1. The predicted molar refractivity (Wildman–Crippen MR) is 82.8 cm³/mol. The van der Waals surface area contributed by atoms with E-state index in [0.29, 0.717) is 12.6 Å². The zero-order valence-electron chi connectivity index (χ0n) is 11.6. The quantitative estimate of drug-likeness (QED) is 0.660. The van der Waals surface area contributed by atoms with E-state index in [1.807, 2.05) is 12.1 Å². The summed E-state index contributed by atoms with van der Waals surface area (Å²) in [5.74, 6) is 0. The molecule has 1 aromatic carbocycles. The molecule has 20 heavy (non-hydrogen) atoms. The number of hydrogen-bond acceptors (Lipinski definition) is 4. The Morgan fingerprint density at radius 2 is 2.15 bits per heavy atom. The largest absolute Gasteiger partial charge is 0.317 e. The Hall–Kier alpha value is -0.980. The first kappa shape index (κ1) is 15.4. The molecule has 0 radical (unpaired) electrons. The standard InChI is InChI=1S/C14H20BrN3O2/c1-2-17(13-5-7-16-8-6-13)10-11-3-4-12(15)9-14(11)18(19)20/h3-4,9,13,16H,2,5-8,10H2,1H3. The van der Waals surface area contributed by atoms with Crippen molar-refractivity contribution in [1.29, 1.82) is 0 Å². The van der Waals surface area contributed by atoms with Gasteiger partial charge in [-0.15, -0.1) is 0 Å². The second kappa shape index (κ2) is 7.15. The summed E-state index contributed by atoms with van der Waals surface area (Å²) in [6.07, 6.45) is 2.22. The third kappa shape index (κ3) is 3.77. The Kier molecular flexibility index (Phi) is 5.51. The highest BCUT2D eigenvalue weighted by molar-refractivity contribution is 9.10. The maximum Gasteiger partial charge on any atom is 0.275 e. The van der Waals surface area contributed by atoms with Gasteiger partial charge in [0, 0.05) is 28.7 Å². The van der Waals surface area contributed by atoms with E-state index in [0.717, 1.165) is 42.5 Å². The van der Waals surface area contributed by atoms with E-state index in [2.05, 4.69) is 33.1 Å². The van der Waals surface area contributed by atoms with Crippen molar-refractivity contribution >= 4 is 21.6 Å². The minimum Gasteiger partial charge on any atom is -0.317 e. The highest BCUT2D eigenvalue weighted by atomic mass is 79.9. The van der Waals surface area contributed by atoms with Crippen LogP contribution in [0.25, 0.3) is 0 Å². The van der Waals surface area contributed by atoms with Crippen LogP contribution < -0.4 is 5.32 Å². The van der Waals surface area contributed by atoms with Crippen molar-refractivity contribution in [3.05, 3.63) is 38.3 Å². The van der Waals surface area contributed by atoms with Crippen LogP contribution in [0.1, 0.15) is 25.3 Å². The molecule has 0 atom stereocenters. The molecule has 2 rings (SSSR count). The normalized spacial score (nSPS) is 16.6. The van der Waals surface area contributed by atoms with Gasteiger partial charge in [-0.2, -0.15) is 0 Å². The van der Waals surface area contributed by atoms with Crippen molar-refractivity contribution < 1.29 is 4.92 Å². The van der Waals surface area contributed by atoms with Gasteiger partial charge < -0.3 is 5.32 Å². The zero-order chi connectivity index (χ0) is 14.5. The van der Waals surface area contributed by atoms with Crippen LogP contribution in [0.15, 0.2) is 22.7 Å². The number of halogens is 1. The lowest BCUT2D eigenvalue weighted by Crippen LogP contribution is -2.42. The van der Waals surface area contributed by atoms with Crippen LogP contribution in [0.3, 0.4) is 0 Å². The Bertz CT molecular complexity index is 475. The van der Waals surface area contributed by atoms with Crippen LogP contribution in [0.4, 0.5) is 5.69 Å². The van der Waals surface area contributed by atoms with Crippen LogP contribution in [0, 0.1) is 10.1 Å². The second-order valence-electron chi connectivity index (χ2n) is 5.07. The van der Waals surface area contributed by atoms with Gasteiger partial charge in [-0.05, 0) is 44.6 Å².